The van der Waals surface area contributed by atoms with E-state index in [1.165, 1.54) is 6.92 Å². The fourth-order valence-corrected chi connectivity index (χ4v) is 1.00. The molecule has 0 aromatic heterocycles. The van der Waals surface area contributed by atoms with Crippen LogP contribution in [0.1, 0.15) is 20.8 Å². The molecular formula is C12H24O5. The van der Waals surface area contributed by atoms with Crippen molar-refractivity contribution >= 4 is 5.97 Å². The number of esters is 1. The number of hydrogen-bond donors (Lipinski definition) is 0. The maximum absolute atomic E-state index is 10.4. The van der Waals surface area contributed by atoms with Crippen LogP contribution >= 0.6 is 0 Å². The van der Waals surface area contributed by atoms with Crippen LogP contribution in [-0.2, 0) is 23.7 Å². The zero-order valence-electron chi connectivity index (χ0n) is 11.1. The number of carbonyl (C=O) groups is 1. The summed E-state index contributed by atoms with van der Waals surface area (Å²) < 4.78 is 20.5. The van der Waals surface area contributed by atoms with E-state index in [0.29, 0.717) is 45.6 Å². The Hall–Kier alpha value is -0.650. The zero-order valence-corrected chi connectivity index (χ0v) is 11.1. The highest BCUT2D eigenvalue weighted by Gasteiger charge is 1.95. The van der Waals surface area contributed by atoms with E-state index in [4.69, 9.17) is 18.9 Å². The summed E-state index contributed by atoms with van der Waals surface area (Å²) in [4.78, 5) is 10.4. The van der Waals surface area contributed by atoms with Gasteiger partial charge in [0, 0.05) is 13.5 Å². The number of hydrogen-bond acceptors (Lipinski definition) is 5. The second kappa shape index (κ2) is 11.8. The Bertz CT molecular complexity index is 182. The molecule has 0 aliphatic rings. The van der Waals surface area contributed by atoms with Gasteiger partial charge in [-0.3, -0.25) is 4.79 Å². The molecule has 0 atom stereocenters. The lowest BCUT2D eigenvalue weighted by atomic mass is 10.2. The predicted molar refractivity (Wildman–Crippen MR) is 63.9 cm³/mol. The van der Waals surface area contributed by atoms with E-state index in [1.54, 1.807) is 0 Å². The van der Waals surface area contributed by atoms with Gasteiger partial charge in [0.15, 0.2) is 0 Å². The van der Waals surface area contributed by atoms with Crippen LogP contribution in [0.15, 0.2) is 0 Å². The molecule has 0 spiro atoms. The highest BCUT2D eigenvalue weighted by molar-refractivity contribution is 5.65. The topological polar surface area (TPSA) is 54.0 Å². The first kappa shape index (κ1) is 16.4. The van der Waals surface area contributed by atoms with E-state index >= 15 is 0 Å². The van der Waals surface area contributed by atoms with Gasteiger partial charge >= 0.3 is 5.97 Å². The average molecular weight is 248 g/mol. The first-order valence-corrected chi connectivity index (χ1v) is 5.99. The monoisotopic (exact) mass is 248 g/mol. The Kier molecular flexibility index (Phi) is 11.4. The summed E-state index contributed by atoms with van der Waals surface area (Å²) in [7, 11) is 0. The zero-order chi connectivity index (χ0) is 12.9. The quantitative estimate of drug-likeness (QED) is 0.407. The van der Waals surface area contributed by atoms with Crippen LogP contribution in [-0.4, -0.2) is 52.2 Å². The molecule has 0 aromatic carbocycles. The molecule has 0 rings (SSSR count). The molecule has 0 saturated carbocycles. The molecule has 17 heavy (non-hydrogen) atoms. The molecule has 0 aromatic rings. The van der Waals surface area contributed by atoms with Crippen molar-refractivity contribution in [1.82, 2.24) is 0 Å². The predicted octanol–water partition coefficient (Wildman–Crippen LogP) is 1.26. The van der Waals surface area contributed by atoms with E-state index in [2.05, 4.69) is 13.8 Å². The third-order valence-electron chi connectivity index (χ3n) is 1.73. The lowest BCUT2D eigenvalue weighted by Crippen LogP contribution is -2.13. The van der Waals surface area contributed by atoms with Crippen molar-refractivity contribution in [3.8, 4) is 0 Å². The van der Waals surface area contributed by atoms with Crippen LogP contribution in [0.3, 0.4) is 0 Å². The van der Waals surface area contributed by atoms with Gasteiger partial charge in [0.2, 0.25) is 0 Å². The van der Waals surface area contributed by atoms with E-state index in [-0.39, 0.29) is 5.97 Å². The van der Waals surface area contributed by atoms with Crippen molar-refractivity contribution in [3.05, 3.63) is 0 Å². The fourth-order valence-electron chi connectivity index (χ4n) is 1.00. The third-order valence-corrected chi connectivity index (χ3v) is 1.73. The van der Waals surface area contributed by atoms with E-state index < -0.39 is 0 Å². The molecule has 0 radical (unpaired) electrons. The summed E-state index contributed by atoms with van der Waals surface area (Å²) in [5.41, 5.74) is 0. The van der Waals surface area contributed by atoms with Crippen molar-refractivity contribution < 1.29 is 23.7 Å². The van der Waals surface area contributed by atoms with Crippen molar-refractivity contribution in [2.75, 3.05) is 46.2 Å². The van der Waals surface area contributed by atoms with Crippen LogP contribution in [0, 0.1) is 5.92 Å². The van der Waals surface area contributed by atoms with Crippen LogP contribution in [0.2, 0.25) is 0 Å². The Labute approximate surface area is 103 Å². The molecule has 0 N–H and O–H groups in total. The van der Waals surface area contributed by atoms with Gasteiger partial charge in [0.05, 0.1) is 33.0 Å². The molecule has 5 heteroatoms. The van der Waals surface area contributed by atoms with Crippen LogP contribution < -0.4 is 0 Å². The number of carbonyl (C=O) groups excluding carboxylic acids is 1. The van der Waals surface area contributed by atoms with Gasteiger partial charge in [0.25, 0.3) is 0 Å². The molecule has 0 bridgehead atoms. The summed E-state index contributed by atoms with van der Waals surface area (Å²) in [6.45, 7) is 9.31. The second-order valence-corrected chi connectivity index (χ2v) is 4.03. The Balaban J connectivity index is 2.96. The van der Waals surface area contributed by atoms with Crippen LogP contribution in [0.25, 0.3) is 0 Å². The minimum atomic E-state index is -0.285. The first-order chi connectivity index (χ1) is 8.13. The van der Waals surface area contributed by atoms with E-state index in [0.717, 1.165) is 6.61 Å². The minimum Gasteiger partial charge on any atom is -0.463 e. The van der Waals surface area contributed by atoms with Gasteiger partial charge in [-0.05, 0) is 5.92 Å². The van der Waals surface area contributed by atoms with Crippen LogP contribution in [0.4, 0.5) is 0 Å². The second-order valence-electron chi connectivity index (χ2n) is 4.03. The number of rotatable bonds is 11. The smallest absolute Gasteiger partial charge is 0.302 e. The first-order valence-electron chi connectivity index (χ1n) is 5.99. The van der Waals surface area contributed by atoms with Crippen molar-refractivity contribution in [1.29, 1.82) is 0 Å². The summed E-state index contributed by atoms with van der Waals surface area (Å²) in [6.07, 6.45) is 0. The summed E-state index contributed by atoms with van der Waals surface area (Å²) in [5, 5.41) is 0. The highest BCUT2D eigenvalue weighted by atomic mass is 16.6. The Morgan fingerprint density at radius 1 is 0.882 bits per heavy atom. The summed E-state index contributed by atoms with van der Waals surface area (Å²) in [6, 6.07) is 0. The van der Waals surface area contributed by atoms with Crippen molar-refractivity contribution in [3.63, 3.8) is 0 Å². The lowest BCUT2D eigenvalue weighted by Gasteiger charge is -2.08. The van der Waals surface area contributed by atoms with Gasteiger partial charge in [-0.15, -0.1) is 0 Å². The van der Waals surface area contributed by atoms with Crippen molar-refractivity contribution in [2.24, 2.45) is 5.92 Å². The Morgan fingerprint density at radius 2 is 1.35 bits per heavy atom. The molecule has 0 aliphatic heterocycles. The highest BCUT2D eigenvalue weighted by Crippen LogP contribution is 1.91. The lowest BCUT2D eigenvalue weighted by molar-refractivity contribution is -0.142. The van der Waals surface area contributed by atoms with Gasteiger partial charge in [0.1, 0.15) is 6.61 Å². The van der Waals surface area contributed by atoms with Crippen LogP contribution in [0.5, 0.6) is 0 Å². The molecule has 0 amide bonds. The molecular weight excluding hydrogens is 224 g/mol. The largest absolute Gasteiger partial charge is 0.463 e. The molecule has 102 valence electrons. The molecule has 0 heterocycles. The normalized spacial score (nSPS) is 10.8. The average Bonchev–Trinajstić information content (AvgIpc) is 2.25. The standard InChI is InChI=1S/C12H24O5/c1-11(2)10-16-7-6-14-4-5-15-8-9-17-12(3)13/h11H,4-10H2,1-3H3. The van der Waals surface area contributed by atoms with Gasteiger partial charge in [-0.25, -0.2) is 0 Å². The van der Waals surface area contributed by atoms with Crippen molar-refractivity contribution in [2.45, 2.75) is 20.8 Å². The van der Waals surface area contributed by atoms with E-state index in [1.807, 2.05) is 0 Å². The van der Waals surface area contributed by atoms with Gasteiger partial charge < -0.3 is 18.9 Å². The minimum absolute atomic E-state index is 0.285. The molecule has 0 fully saturated rings. The molecule has 0 aliphatic carbocycles. The third kappa shape index (κ3) is 15.4. The summed E-state index contributed by atoms with van der Waals surface area (Å²) >= 11 is 0. The fraction of sp³-hybridized carbons (Fsp3) is 0.917. The summed E-state index contributed by atoms with van der Waals surface area (Å²) in [5.74, 6) is 0.270. The SMILES string of the molecule is CC(=O)OCCOCCOCCOCC(C)C. The maximum Gasteiger partial charge on any atom is 0.302 e. The van der Waals surface area contributed by atoms with Gasteiger partial charge in [-0.2, -0.15) is 0 Å². The molecule has 5 nitrogen and oxygen atoms in total. The number of ether oxygens (including phenoxy) is 4. The van der Waals surface area contributed by atoms with E-state index in [9.17, 15) is 4.79 Å². The Morgan fingerprint density at radius 3 is 1.82 bits per heavy atom. The molecule has 0 saturated heterocycles. The van der Waals surface area contributed by atoms with Gasteiger partial charge in [-0.1, -0.05) is 13.8 Å². The maximum atomic E-state index is 10.4. The molecule has 0 unspecified atom stereocenters.